The fourth-order valence-corrected chi connectivity index (χ4v) is 3.69. The number of aromatic nitrogens is 2. The number of carbonyl (C=O) groups excluding carboxylic acids is 2. The molecule has 1 aromatic heterocycles. The molecule has 7 nitrogen and oxygen atoms in total. The Hall–Kier alpha value is -4.23. The minimum absolute atomic E-state index is 0.0227. The van der Waals surface area contributed by atoms with Gasteiger partial charge in [0.2, 0.25) is 5.91 Å². The molecule has 0 spiro atoms. The van der Waals surface area contributed by atoms with Crippen LogP contribution in [0.1, 0.15) is 21.5 Å². The Morgan fingerprint density at radius 3 is 2.24 bits per heavy atom. The lowest BCUT2D eigenvalue weighted by molar-refractivity contribution is -0.119. The van der Waals surface area contributed by atoms with Crippen LogP contribution in [-0.2, 0) is 9.53 Å². The average Bonchev–Trinajstić information content (AvgIpc) is 3.26. The number of methoxy groups -OCH3 is 1. The van der Waals surface area contributed by atoms with Gasteiger partial charge in [-0.15, -0.1) is 0 Å². The molecule has 0 unspecified atom stereocenters. The van der Waals surface area contributed by atoms with E-state index < -0.39 is 0 Å². The van der Waals surface area contributed by atoms with Gasteiger partial charge in [0.25, 0.3) is 5.91 Å². The molecule has 3 aromatic carbocycles. The van der Waals surface area contributed by atoms with Crippen molar-refractivity contribution in [2.24, 2.45) is 0 Å². The van der Waals surface area contributed by atoms with Crippen LogP contribution in [0.25, 0.3) is 16.9 Å². The zero-order valence-corrected chi connectivity index (χ0v) is 19.3. The molecule has 4 rings (SSSR count). The number of ether oxygens (including phenoxy) is 1. The van der Waals surface area contributed by atoms with E-state index in [9.17, 15) is 9.59 Å². The van der Waals surface area contributed by atoms with Crippen LogP contribution in [0.4, 0.5) is 11.4 Å². The van der Waals surface area contributed by atoms with Crippen LogP contribution in [0.2, 0.25) is 0 Å². The SMILES string of the molecule is COCC(=O)Nc1ccc(NC(=O)c2cn(-c3ccccc3)nc2-c2ccc(C)cc2C)cc1. The molecule has 0 aliphatic carbocycles. The second-order valence-corrected chi connectivity index (χ2v) is 8.00. The Morgan fingerprint density at radius 1 is 0.912 bits per heavy atom. The first-order valence-corrected chi connectivity index (χ1v) is 10.9. The summed E-state index contributed by atoms with van der Waals surface area (Å²) in [7, 11) is 1.46. The van der Waals surface area contributed by atoms with Crippen molar-refractivity contribution < 1.29 is 14.3 Å². The van der Waals surface area contributed by atoms with Crippen LogP contribution in [-0.4, -0.2) is 35.3 Å². The number of aryl methyl sites for hydroxylation is 2. The van der Waals surface area contributed by atoms with Crippen LogP contribution in [0.5, 0.6) is 0 Å². The predicted molar refractivity (Wildman–Crippen MR) is 133 cm³/mol. The lowest BCUT2D eigenvalue weighted by Crippen LogP contribution is -2.17. The van der Waals surface area contributed by atoms with Crippen molar-refractivity contribution >= 4 is 23.2 Å². The van der Waals surface area contributed by atoms with Gasteiger partial charge in [-0.05, 0) is 55.8 Å². The molecular weight excluding hydrogens is 428 g/mol. The predicted octanol–water partition coefficient (Wildman–Crippen LogP) is 4.99. The highest BCUT2D eigenvalue weighted by molar-refractivity contribution is 6.08. The molecule has 0 saturated carbocycles. The first-order chi connectivity index (χ1) is 16.4. The Morgan fingerprint density at radius 2 is 1.59 bits per heavy atom. The van der Waals surface area contributed by atoms with E-state index in [2.05, 4.69) is 16.7 Å². The highest BCUT2D eigenvalue weighted by atomic mass is 16.5. The lowest BCUT2D eigenvalue weighted by atomic mass is 10.0. The molecule has 0 saturated heterocycles. The number of para-hydroxylation sites is 1. The van der Waals surface area contributed by atoms with Crippen molar-refractivity contribution in [1.29, 1.82) is 0 Å². The van der Waals surface area contributed by atoms with Crippen molar-refractivity contribution in [2.75, 3.05) is 24.4 Å². The normalized spacial score (nSPS) is 10.7. The lowest BCUT2D eigenvalue weighted by Gasteiger charge is -2.09. The van der Waals surface area contributed by atoms with E-state index in [0.717, 1.165) is 22.4 Å². The minimum Gasteiger partial charge on any atom is -0.375 e. The van der Waals surface area contributed by atoms with E-state index in [0.29, 0.717) is 22.6 Å². The monoisotopic (exact) mass is 454 g/mol. The molecule has 0 aliphatic rings. The van der Waals surface area contributed by atoms with Gasteiger partial charge in [-0.1, -0.05) is 42.0 Å². The third-order valence-corrected chi connectivity index (χ3v) is 5.32. The fourth-order valence-electron chi connectivity index (χ4n) is 3.69. The van der Waals surface area contributed by atoms with Crippen molar-refractivity contribution in [3.63, 3.8) is 0 Å². The van der Waals surface area contributed by atoms with Gasteiger partial charge in [0.05, 0.1) is 11.3 Å². The summed E-state index contributed by atoms with van der Waals surface area (Å²) < 4.78 is 6.54. The molecule has 172 valence electrons. The van der Waals surface area contributed by atoms with E-state index in [1.807, 2.05) is 56.3 Å². The first kappa shape index (κ1) is 22.9. The Labute approximate surface area is 198 Å². The summed E-state index contributed by atoms with van der Waals surface area (Å²) in [5.41, 5.74) is 6.26. The van der Waals surface area contributed by atoms with Gasteiger partial charge in [-0.2, -0.15) is 5.10 Å². The molecule has 7 heteroatoms. The molecule has 0 aliphatic heterocycles. The molecular formula is C27H26N4O3. The zero-order chi connectivity index (χ0) is 24.1. The summed E-state index contributed by atoms with van der Waals surface area (Å²) in [6.45, 7) is 4.03. The fraction of sp³-hybridized carbons (Fsp3) is 0.148. The van der Waals surface area contributed by atoms with Crippen molar-refractivity contribution in [3.05, 3.63) is 95.7 Å². The summed E-state index contributed by atoms with van der Waals surface area (Å²) >= 11 is 0. The largest absolute Gasteiger partial charge is 0.375 e. The standard InChI is InChI=1S/C27H26N4O3/c1-18-9-14-23(19(2)15-18)26-24(16-31(30-26)22-7-5-4-6-8-22)27(33)29-21-12-10-20(11-13-21)28-25(32)17-34-3/h4-16H,17H2,1-3H3,(H,28,32)(H,29,33). The Kier molecular flexibility index (Phi) is 6.85. The molecule has 2 amide bonds. The third-order valence-electron chi connectivity index (χ3n) is 5.32. The highest BCUT2D eigenvalue weighted by Crippen LogP contribution is 2.28. The quantitative estimate of drug-likeness (QED) is 0.412. The molecule has 4 aromatic rings. The van der Waals surface area contributed by atoms with Gasteiger partial charge in [0, 0.05) is 30.2 Å². The Bertz CT molecular complexity index is 1310. The average molecular weight is 455 g/mol. The van der Waals surface area contributed by atoms with Gasteiger partial charge in [0.1, 0.15) is 12.3 Å². The number of nitrogens with zero attached hydrogens (tertiary/aromatic N) is 2. The van der Waals surface area contributed by atoms with Crippen LogP contribution in [0, 0.1) is 13.8 Å². The van der Waals surface area contributed by atoms with E-state index >= 15 is 0 Å². The van der Waals surface area contributed by atoms with E-state index in [4.69, 9.17) is 9.84 Å². The second-order valence-electron chi connectivity index (χ2n) is 8.00. The summed E-state index contributed by atoms with van der Waals surface area (Å²) in [5, 5.41) is 10.4. The van der Waals surface area contributed by atoms with Gasteiger partial charge < -0.3 is 15.4 Å². The third kappa shape index (κ3) is 5.22. The van der Waals surface area contributed by atoms with Crippen molar-refractivity contribution in [3.8, 4) is 16.9 Å². The van der Waals surface area contributed by atoms with E-state index in [1.165, 1.54) is 7.11 Å². The first-order valence-electron chi connectivity index (χ1n) is 10.9. The number of amides is 2. The number of carbonyl (C=O) groups is 2. The molecule has 0 radical (unpaired) electrons. The van der Waals surface area contributed by atoms with Gasteiger partial charge >= 0.3 is 0 Å². The van der Waals surface area contributed by atoms with Crippen molar-refractivity contribution in [1.82, 2.24) is 9.78 Å². The maximum Gasteiger partial charge on any atom is 0.259 e. The number of hydrogen-bond acceptors (Lipinski definition) is 4. The Balaban J connectivity index is 1.64. The van der Waals surface area contributed by atoms with Crippen LogP contribution < -0.4 is 10.6 Å². The summed E-state index contributed by atoms with van der Waals surface area (Å²) in [4.78, 5) is 25.0. The minimum atomic E-state index is -0.270. The molecule has 0 bridgehead atoms. The summed E-state index contributed by atoms with van der Waals surface area (Å²) in [6, 6.07) is 22.7. The van der Waals surface area contributed by atoms with Crippen LogP contribution in [0.15, 0.2) is 79.0 Å². The van der Waals surface area contributed by atoms with E-state index in [-0.39, 0.29) is 18.4 Å². The molecule has 2 N–H and O–H groups in total. The second kappa shape index (κ2) is 10.1. The zero-order valence-electron chi connectivity index (χ0n) is 19.3. The van der Waals surface area contributed by atoms with E-state index in [1.54, 1.807) is 35.1 Å². The smallest absolute Gasteiger partial charge is 0.259 e. The number of anilines is 2. The van der Waals surface area contributed by atoms with Gasteiger partial charge in [-0.3, -0.25) is 9.59 Å². The summed E-state index contributed by atoms with van der Waals surface area (Å²) in [6.07, 6.45) is 1.75. The molecule has 34 heavy (non-hydrogen) atoms. The maximum atomic E-state index is 13.3. The molecule has 0 atom stereocenters. The van der Waals surface area contributed by atoms with Crippen LogP contribution in [0.3, 0.4) is 0 Å². The number of hydrogen-bond donors (Lipinski definition) is 2. The maximum absolute atomic E-state index is 13.3. The number of rotatable bonds is 7. The molecule has 1 heterocycles. The van der Waals surface area contributed by atoms with Gasteiger partial charge in [-0.25, -0.2) is 4.68 Å². The van der Waals surface area contributed by atoms with Crippen LogP contribution >= 0.6 is 0 Å². The van der Waals surface area contributed by atoms with Gasteiger partial charge in [0.15, 0.2) is 0 Å². The topological polar surface area (TPSA) is 85.3 Å². The van der Waals surface area contributed by atoms with Crippen molar-refractivity contribution in [2.45, 2.75) is 13.8 Å². The molecule has 0 fully saturated rings. The number of nitrogens with one attached hydrogen (secondary N) is 2. The summed E-state index contributed by atoms with van der Waals surface area (Å²) in [5.74, 6) is -0.515. The number of benzene rings is 3. The highest BCUT2D eigenvalue weighted by Gasteiger charge is 2.20.